The van der Waals surface area contributed by atoms with E-state index in [9.17, 15) is 4.39 Å². The Bertz CT molecular complexity index is 648. The maximum atomic E-state index is 13.7. The van der Waals surface area contributed by atoms with Crippen LogP contribution in [0, 0.1) is 5.82 Å². The average Bonchev–Trinajstić information content (AvgIpc) is 2.48. The van der Waals surface area contributed by atoms with Crippen molar-refractivity contribution in [2.45, 2.75) is 6.54 Å². The van der Waals surface area contributed by atoms with Crippen LogP contribution in [0.3, 0.4) is 0 Å². The lowest BCUT2D eigenvalue weighted by molar-refractivity contribution is 0.318. The molecule has 1 aromatic heterocycles. The minimum absolute atomic E-state index is 0.0397. The van der Waals surface area contributed by atoms with Crippen molar-refractivity contribution in [1.29, 1.82) is 0 Å². The largest absolute Gasteiger partial charge is 0.409 e. The van der Waals surface area contributed by atoms with E-state index in [1.807, 2.05) is 0 Å². The van der Waals surface area contributed by atoms with E-state index in [2.05, 4.69) is 15.5 Å². The summed E-state index contributed by atoms with van der Waals surface area (Å²) in [5, 5.41) is 14.6. The van der Waals surface area contributed by atoms with Crippen LogP contribution in [0.25, 0.3) is 0 Å². The van der Waals surface area contributed by atoms with Crippen LogP contribution in [0.2, 0.25) is 5.02 Å². The first-order valence-corrected chi connectivity index (χ1v) is 6.11. The molecule has 7 heteroatoms. The van der Waals surface area contributed by atoms with Crippen molar-refractivity contribution < 1.29 is 9.60 Å². The number of pyridine rings is 1. The zero-order chi connectivity index (χ0) is 14.5. The summed E-state index contributed by atoms with van der Waals surface area (Å²) in [7, 11) is 0. The number of nitrogens with two attached hydrogens (primary N) is 1. The Balaban J connectivity index is 2.21. The number of nitrogens with zero attached hydrogens (tertiary/aromatic N) is 2. The van der Waals surface area contributed by atoms with Gasteiger partial charge in [-0.15, -0.1) is 0 Å². The Morgan fingerprint density at radius 3 is 2.95 bits per heavy atom. The third-order valence-corrected chi connectivity index (χ3v) is 2.95. The van der Waals surface area contributed by atoms with Gasteiger partial charge >= 0.3 is 0 Å². The number of aromatic nitrogens is 1. The molecule has 104 valence electrons. The van der Waals surface area contributed by atoms with Crippen LogP contribution in [0.5, 0.6) is 0 Å². The van der Waals surface area contributed by atoms with Crippen molar-refractivity contribution in [2.75, 3.05) is 5.32 Å². The highest BCUT2D eigenvalue weighted by molar-refractivity contribution is 6.31. The quantitative estimate of drug-likeness (QED) is 0.350. The maximum Gasteiger partial charge on any atom is 0.189 e. The molecule has 0 aliphatic carbocycles. The summed E-state index contributed by atoms with van der Waals surface area (Å²) in [6.45, 7) is 0.261. The first-order chi connectivity index (χ1) is 9.63. The molecule has 2 rings (SSSR count). The Morgan fingerprint density at radius 2 is 2.20 bits per heavy atom. The normalized spacial score (nSPS) is 11.4. The summed E-state index contributed by atoms with van der Waals surface area (Å²) in [6.07, 6.45) is 1.52. The van der Waals surface area contributed by atoms with E-state index >= 15 is 0 Å². The highest BCUT2D eigenvalue weighted by Gasteiger charge is 2.10. The predicted molar refractivity (Wildman–Crippen MR) is 75.5 cm³/mol. The second kappa shape index (κ2) is 6.21. The van der Waals surface area contributed by atoms with Gasteiger partial charge in [-0.2, -0.15) is 0 Å². The van der Waals surface area contributed by atoms with Gasteiger partial charge in [0.1, 0.15) is 5.69 Å². The number of halogens is 2. The molecule has 0 radical (unpaired) electrons. The van der Waals surface area contributed by atoms with Gasteiger partial charge in [0.25, 0.3) is 0 Å². The number of oxime groups is 1. The molecule has 0 aliphatic rings. The van der Waals surface area contributed by atoms with Crippen molar-refractivity contribution in [1.82, 2.24) is 4.98 Å². The SMILES string of the molecule is NC(=NO)c1ncccc1CNc1cccc(Cl)c1F. The summed E-state index contributed by atoms with van der Waals surface area (Å²) >= 11 is 5.70. The Kier molecular flexibility index (Phi) is 4.37. The molecular formula is C13H12ClFN4O. The lowest BCUT2D eigenvalue weighted by Gasteiger charge is -2.10. The van der Waals surface area contributed by atoms with Crippen LogP contribution in [-0.2, 0) is 6.54 Å². The topological polar surface area (TPSA) is 83.5 Å². The third-order valence-electron chi connectivity index (χ3n) is 2.66. The second-order valence-corrected chi connectivity index (χ2v) is 4.36. The zero-order valence-electron chi connectivity index (χ0n) is 10.3. The van der Waals surface area contributed by atoms with Gasteiger partial charge in [0.2, 0.25) is 0 Å². The van der Waals surface area contributed by atoms with Gasteiger partial charge in [0.05, 0.1) is 10.7 Å². The van der Waals surface area contributed by atoms with E-state index in [-0.39, 0.29) is 23.1 Å². The fourth-order valence-electron chi connectivity index (χ4n) is 1.69. The molecule has 5 nitrogen and oxygen atoms in total. The number of benzene rings is 1. The summed E-state index contributed by atoms with van der Waals surface area (Å²) in [5.74, 6) is -0.627. The van der Waals surface area contributed by atoms with Crippen LogP contribution in [-0.4, -0.2) is 16.0 Å². The van der Waals surface area contributed by atoms with E-state index in [1.165, 1.54) is 12.3 Å². The van der Waals surface area contributed by atoms with Gasteiger partial charge in [0.15, 0.2) is 11.7 Å². The molecule has 1 heterocycles. The lowest BCUT2D eigenvalue weighted by atomic mass is 10.1. The van der Waals surface area contributed by atoms with E-state index in [0.29, 0.717) is 11.3 Å². The molecule has 20 heavy (non-hydrogen) atoms. The minimum atomic E-state index is -0.525. The van der Waals surface area contributed by atoms with Gasteiger partial charge in [-0.3, -0.25) is 4.98 Å². The van der Waals surface area contributed by atoms with Crippen LogP contribution in [0.1, 0.15) is 11.3 Å². The molecule has 0 saturated carbocycles. The molecule has 0 aliphatic heterocycles. The molecule has 0 amide bonds. The van der Waals surface area contributed by atoms with Crippen molar-refractivity contribution in [3.05, 3.63) is 58.6 Å². The Labute approximate surface area is 119 Å². The van der Waals surface area contributed by atoms with Crippen LogP contribution < -0.4 is 11.1 Å². The molecule has 0 saturated heterocycles. The number of rotatable bonds is 4. The monoisotopic (exact) mass is 294 g/mol. The third kappa shape index (κ3) is 2.97. The summed E-state index contributed by atoms with van der Waals surface area (Å²) < 4.78 is 13.7. The number of anilines is 1. The Hall–Kier alpha value is -2.34. The van der Waals surface area contributed by atoms with Crippen molar-refractivity contribution in [3.8, 4) is 0 Å². The fraction of sp³-hybridized carbons (Fsp3) is 0.0769. The van der Waals surface area contributed by atoms with Gasteiger partial charge < -0.3 is 16.3 Å². The fourth-order valence-corrected chi connectivity index (χ4v) is 1.86. The predicted octanol–water partition coefficient (Wildman–Crippen LogP) is 2.58. The van der Waals surface area contributed by atoms with Gasteiger partial charge in [-0.1, -0.05) is 28.9 Å². The molecule has 0 atom stereocenters. The molecule has 2 aromatic rings. The summed E-state index contributed by atoms with van der Waals surface area (Å²) in [6, 6.07) is 8.13. The molecule has 0 bridgehead atoms. The van der Waals surface area contributed by atoms with E-state index in [0.717, 1.165) is 0 Å². The van der Waals surface area contributed by atoms with Crippen molar-refractivity contribution >= 4 is 23.1 Å². The molecule has 4 N–H and O–H groups in total. The van der Waals surface area contributed by atoms with Gasteiger partial charge in [0, 0.05) is 18.3 Å². The van der Waals surface area contributed by atoms with Crippen molar-refractivity contribution in [3.63, 3.8) is 0 Å². The molecular weight excluding hydrogens is 283 g/mol. The van der Waals surface area contributed by atoms with Crippen LogP contribution >= 0.6 is 11.6 Å². The van der Waals surface area contributed by atoms with Gasteiger partial charge in [-0.25, -0.2) is 4.39 Å². The molecule has 0 fully saturated rings. The van der Waals surface area contributed by atoms with Gasteiger partial charge in [-0.05, 0) is 18.2 Å². The molecule has 0 spiro atoms. The maximum absolute atomic E-state index is 13.7. The van der Waals surface area contributed by atoms with E-state index < -0.39 is 5.82 Å². The smallest absolute Gasteiger partial charge is 0.189 e. The first-order valence-electron chi connectivity index (χ1n) is 5.73. The zero-order valence-corrected chi connectivity index (χ0v) is 11.1. The highest BCUT2D eigenvalue weighted by atomic mass is 35.5. The molecule has 0 unspecified atom stereocenters. The minimum Gasteiger partial charge on any atom is -0.409 e. The van der Waals surface area contributed by atoms with Crippen LogP contribution in [0.15, 0.2) is 41.7 Å². The lowest BCUT2D eigenvalue weighted by Crippen LogP contribution is -2.18. The number of hydrogen-bond acceptors (Lipinski definition) is 4. The standard InChI is InChI=1S/C13H12ClFN4O/c14-9-4-1-5-10(11(9)15)18-7-8-3-2-6-17-12(8)13(16)19-20/h1-6,18,20H,7H2,(H2,16,19). The Morgan fingerprint density at radius 1 is 1.40 bits per heavy atom. The number of nitrogens with one attached hydrogen (secondary N) is 1. The molecule has 1 aromatic carbocycles. The average molecular weight is 295 g/mol. The van der Waals surface area contributed by atoms with E-state index in [1.54, 1.807) is 24.3 Å². The van der Waals surface area contributed by atoms with Crippen molar-refractivity contribution in [2.24, 2.45) is 10.9 Å². The van der Waals surface area contributed by atoms with Crippen LogP contribution in [0.4, 0.5) is 10.1 Å². The number of amidine groups is 1. The second-order valence-electron chi connectivity index (χ2n) is 3.95. The first kappa shape index (κ1) is 14.1. The number of hydrogen-bond donors (Lipinski definition) is 3. The summed E-state index contributed by atoms with van der Waals surface area (Å²) in [4.78, 5) is 4.03. The summed E-state index contributed by atoms with van der Waals surface area (Å²) in [5.41, 5.74) is 6.81. The van der Waals surface area contributed by atoms with E-state index in [4.69, 9.17) is 22.5 Å². The highest BCUT2D eigenvalue weighted by Crippen LogP contribution is 2.22.